The second-order valence-corrected chi connectivity index (χ2v) is 6.33. The molecule has 1 N–H and O–H groups in total. The molecule has 1 unspecified atom stereocenters. The first kappa shape index (κ1) is 15.0. The van der Waals surface area contributed by atoms with Gasteiger partial charge < -0.3 is 0 Å². The van der Waals surface area contributed by atoms with Crippen LogP contribution in [0.3, 0.4) is 0 Å². The molecular weight excluding hydrogens is 246 g/mol. The second kappa shape index (κ2) is 6.39. The molecule has 0 bridgehead atoms. The number of nitrogens with one attached hydrogen (secondary N) is 1. The minimum absolute atomic E-state index is 0.343. The van der Waals surface area contributed by atoms with E-state index in [1.165, 1.54) is 11.1 Å². The van der Waals surface area contributed by atoms with Gasteiger partial charge in [0.25, 0.3) is 0 Å². The van der Waals surface area contributed by atoms with Crippen molar-refractivity contribution in [3.8, 4) is 6.07 Å². The van der Waals surface area contributed by atoms with Gasteiger partial charge >= 0.3 is 0 Å². The molecule has 1 aromatic carbocycles. The van der Waals surface area contributed by atoms with Gasteiger partial charge in [-0.3, -0.25) is 10.2 Å². The summed E-state index contributed by atoms with van der Waals surface area (Å²) in [7, 11) is 0. The van der Waals surface area contributed by atoms with Crippen LogP contribution in [0.25, 0.3) is 0 Å². The van der Waals surface area contributed by atoms with E-state index in [1.54, 1.807) is 0 Å². The molecule has 0 aromatic heterocycles. The second-order valence-electron chi connectivity index (χ2n) is 6.33. The van der Waals surface area contributed by atoms with E-state index in [2.05, 4.69) is 54.4 Å². The molecule has 1 aliphatic heterocycles. The fourth-order valence-electron chi connectivity index (χ4n) is 3.02. The SMILES string of the molecule is CC(C)NC(C)(C#N)CCCN1Cc2ccccc2C1. The number of nitriles is 1. The van der Waals surface area contributed by atoms with Crippen molar-refractivity contribution >= 4 is 0 Å². The van der Waals surface area contributed by atoms with Crippen molar-refractivity contribution in [1.29, 1.82) is 5.26 Å². The summed E-state index contributed by atoms with van der Waals surface area (Å²) in [6, 6.07) is 11.4. The number of hydrogen-bond acceptors (Lipinski definition) is 3. The van der Waals surface area contributed by atoms with Crippen LogP contribution in [0.1, 0.15) is 44.7 Å². The Kier molecular flexibility index (Phi) is 4.80. The summed E-state index contributed by atoms with van der Waals surface area (Å²) >= 11 is 0. The lowest BCUT2D eigenvalue weighted by Crippen LogP contribution is -2.45. The minimum Gasteiger partial charge on any atom is -0.297 e. The zero-order valence-electron chi connectivity index (χ0n) is 12.8. The minimum atomic E-state index is -0.402. The van der Waals surface area contributed by atoms with E-state index in [-0.39, 0.29) is 0 Å². The van der Waals surface area contributed by atoms with Gasteiger partial charge in [-0.2, -0.15) is 5.26 Å². The quantitative estimate of drug-likeness (QED) is 0.864. The fourth-order valence-corrected chi connectivity index (χ4v) is 3.02. The van der Waals surface area contributed by atoms with Crippen LogP contribution in [0.2, 0.25) is 0 Å². The van der Waals surface area contributed by atoms with Crippen LogP contribution in [-0.4, -0.2) is 23.0 Å². The topological polar surface area (TPSA) is 39.1 Å². The van der Waals surface area contributed by atoms with Crippen molar-refractivity contribution < 1.29 is 0 Å². The summed E-state index contributed by atoms with van der Waals surface area (Å²) in [4.78, 5) is 2.47. The predicted molar refractivity (Wildman–Crippen MR) is 82.1 cm³/mol. The van der Waals surface area contributed by atoms with Gasteiger partial charge in [0.1, 0.15) is 5.54 Å². The molecule has 0 fully saturated rings. The number of hydrogen-bond donors (Lipinski definition) is 1. The average Bonchev–Trinajstić information content (AvgIpc) is 2.80. The van der Waals surface area contributed by atoms with E-state index >= 15 is 0 Å². The maximum atomic E-state index is 9.34. The molecule has 2 rings (SSSR count). The van der Waals surface area contributed by atoms with Gasteiger partial charge in [0.05, 0.1) is 6.07 Å². The third-order valence-electron chi connectivity index (χ3n) is 3.91. The highest BCUT2D eigenvalue weighted by Gasteiger charge is 2.25. The first-order valence-electron chi connectivity index (χ1n) is 7.50. The van der Waals surface area contributed by atoms with Gasteiger partial charge in [-0.1, -0.05) is 24.3 Å². The fraction of sp³-hybridized carbons (Fsp3) is 0.588. The van der Waals surface area contributed by atoms with E-state index in [0.29, 0.717) is 6.04 Å². The molecule has 0 aliphatic carbocycles. The summed E-state index contributed by atoms with van der Waals surface area (Å²) in [5, 5.41) is 12.7. The molecule has 0 amide bonds. The maximum Gasteiger partial charge on any atom is 0.104 e. The van der Waals surface area contributed by atoms with Crippen molar-refractivity contribution in [3.05, 3.63) is 35.4 Å². The standard InChI is InChI=1S/C17H25N3/c1-14(2)19-17(3,13-18)9-6-10-20-11-15-7-4-5-8-16(15)12-20/h4-5,7-8,14,19H,6,9-12H2,1-3H3. The molecule has 0 saturated heterocycles. The van der Waals surface area contributed by atoms with Gasteiger partial charge in [-0.15, -0.1) is 0 Å². The van der Waals surface area contributed by atoms with E-state index in [1.807, 2.05) is 6.92 Å². The van der Waals surface area contributed by atoms with Gasteiger partial charge in [-0.25, -0.2) is 0 Å². The smallest absolute Gasteiger partial charge is 0.104 e. The molecule has 3 heteroatoms. The Morgan fingerprint density at radius 2 is 1.90 bits per heavy atom. The summed E-state index contributed by atoms with van der Waals surface area (Å²) in [6.45, 7) is 9.35. The molecule has 1 heterocycles. The van der Waals surface area contributed by atoms with Crippen molar-refractivity contribution in [2.75, 3.05) is 6.54 Å². The molecule has 3 nitrogen and oxygen atoms in total. The Balaban J connectivity index is 1.79. The van der Waals surface area contributed by atoms with Crippen molar-refractivity contribution in [2.24, 2.45) is 0 Å². The Labute approximate surface area is 122 Å². The number of rotatable bonds is 6. The van der Waals surface area contributed by atoms with Crippen LogP contribution >= 0.6 is 0 Å². The summed E-state index contributed by atoms with van der Waals surface area (Å²) < 4.78 is 0. The largest absolute Gasteiger partial charge is 0.297 e. The van der Waals surface area contributed by atoms with Crippen LogP contribution in [0.15, 0.2) is 24.3 Å². The molecule has 1 atom stereocenters. The Bertz CT molecular complexity index is 464. The van der Waals surface area contributed by atoms with Gasteiger partial charge in [0.2, 0.25) is 0 Å². The normalized spacial score (nSPS) is 17.8. The Morgan fingerprint density at radius 1 is 1.30 bits per heavy atom. The third-order valence-corrected chi connectivity index (χ3v) is 3.91. The van der Waals surface area contributed by atoms with Gasteiger partial charge in [0.15, 0.2) is 0 Å². The highest BCUT2D eigenvalue weighted by atomic mass is 15.1. The molecule has 0 radical (unpaired) electrons. The molecule has 0 spiro atoms. The number of fused-ring (bicyclic) bond motifs is 1. The summed E-state index contributed by atoms with van der Waals surface area (Å²) in [5.41, 5.74) is 2.51. The van der Waals surface area contributed by atoms with Crippen LogP contribution in [0.5, 0.6) is 0 Å². The molecule has 20 heavy (non-hydrogen) atoms. The van der Waals surface area contributed by atoms with Gasteiger partial charge in [0, 0.05) is 19.1 Å². The van der Waals surface area contributed by atoms with Crippen LogP contribution in [0.4, 0.5) is 0 Å². The zero-order valence-corrected chi connectivity index (χ0v) is 12.8. The molecule has 1 aliphatic rings. The molecule has 0 saturated carbocycles. The van der Waals surface area contributed by atoms with E-state index in [0.717, 1.165) is 32.5 Å². The van der Waals surface area contributed by atoms with Crippen molar-refractivity contribution in [1.82, 2.24) is 10.2 Å². The van der Waals surface area contributed by atoms with Crippen LogP contribution < -0.4 is 5.32 Å². The van der Waals surface area contributed by atoms with Gasteiger partial charge in [-0.05, 0) is 51.3 Å². The Hall–Kier alpha value is -1.37. The average molecular weight is 271 g/mol. The summed E-state index contributed by atoms with van der Waals surface area (Å²) in [5.74, 6) is 0. The number of benzene rings is 1. The van der Waals surface area contributed by atoms with E-state index in [4.69, 9.17) is 0 Å². The third kappa shape index (κ3) is 3.82. The first-order chi connectivity index (χ1) is 9.52. The molecule has 108 valence electrons. The summed E-state index contributed by atoms with van der Waals surface area (Å²) in [6.07, 6.45) is 1.95. The Morgan fingerprint density at radius 3 is 2.40 bits per heavy atom. The van der Waals surface area contributed by atoms with Crippen molar-refractivity contribution in [3.63, 3.8) is 0 Å². The maximum absolute atomic E-state index is 9.34. The monoisotopic (exact) mass is 271 g/mol. The molecular formula is C17H25N3. The first-order valence-corrected chi connectivity index (χ1v) is 7.50. The molecule has 1 aromatic rings. The van der Waals surface area contributed by atoms with Crippen LogP contribution in [0, 0.1) is 11.3 Å². The number of nitrogens with zero attached hydrogens (tertiary/aromatic N) is 2. The lowest BCUT2D eigenvalue weighted by atomic mass is 9.96. The zero-order chi connectivity index (χ0) is 14.6. The lowest BCUT2D eigenvalue weighted by molar-refractivity contribution is 0.261. The van der Waals surface area contributed by atoms with Crippen LogP contribution in [-0.2, 0) is 13.1 Å². The highest BCUT2D eigenvalue weighted by molar-refractivity contribution is 5.30. The van der Waals surface area contributed by atoms with E-state index in [9.17, 15) is 5.26 Å². The predicted octanol–water partition coefficient (Wildman–Crippen LogP) is 3.06. The van der Waals surface area contributed by atoms with E-state index < -0.39 is 5.54 Å². The van der Waals surface area contributed by atoms with Crippen molar-refractivity contribution in [2.45, 2.75) is 58.3 Å². The lowest BCUT2D eigenvalue weighted by Gasteiger charge is -2.26. The highest BCUT2D eigenvalue weighted by Crippen LogP contribution is 2.23.